The molecule has 4 N–H and O–H groups in total. The first kappa shape index (κ1) is 13.9. The van der Waals surface area contributed by atoms with Crippen molar-refractivity contribution in [3.05, 3.63) is 33.4 Å². The van der Waals surface area contributed by atoms with E-state index in [0.29, 0.717) is 5.56 Å². The van der Waals surface area contributed by atoms with Gasteiger partial charge in [0.15, 0.2) is 0 Å². The van der Waals surface area contributed by atoms with Gasteiger partial charge in [-0.2, -0.15) is 0 Å². The number of aryl methyl sites for hydroxylation is 1. The molecule has 0 spiro atoms. The predicted molar refractivity (Wildman–Crippen MR) is 67.0 cm³/mol. The van der Waals surface area contributed by atoms with Crippen LogP contribution in [-0.4, -0.2) is 26.6 Å². The van der Waals surface area contributed by atoms with Gasteiger partial charge in [-0.25, -0.2) is 0 Å². The van der Waals surface area contributed by atoms with Crippen molar-refractivity contribution in [1.29, 1.82) is 0 Å². The van der Waals surface area contributed by atoms with E-state index in [9.17, 15) is 20.3 Å². The minimum atomic E-state index is -1.26. The molecule has 0 aliphatic rings. The van der Waals surface area contributed by atoms with E-state index in [1.54, 1.807) is 6.92 Å². The Labute approximate surface area is 106 Å². The van der Waals surface area contributed by atoms with Gasteiger partial charge in [-0.05, 0) is 12.5 Å². The number of aliphatic hydroxyl groups is 2. The average Bonchev–Trinajstić information content (AvgIpc) is 2.29. The minimum absolute atomic E-state index is 0.117. The minimum Gasteiger partial charge on any atom is -0.393 e. The second kappa shape index (κ2) is 5.44. The molecule has 7 heteroatoms. The quantitative estimate of drug-likeness (QED) is 0.336. The fourth-order valence-electron chi connectivity index (χ4n) is 1.49. The summed E-state index contributed by atoms with van der Waals surface area (Å²) in [5.74, 6) is 0. The van der Waals surface area contributed by atoms with Gasteiger partial charge >= 0.3 is 0 Å². The third-order valence-corrected chi connectivity index (χ3v) is 3.04. The van der Waals surface area contributed by atoms with Crippen LogP contribution in [-0.2, 0) is 0 Å². The van der Waals surface area contributed by atoms with E-state index >= 15 is 0 Å². The number of rotatable bonds is 4. The molecule has 17 heavy (non-hydrogen) atoms. The third kappa shape index (κ3) is 2.93. The van der Waals surface area contributed by atoms with Crippen LogP contribution in [0.2, 0.25) is 0 Å². The molecule has 0 aliphatic carbocycles. The van der Waals surface area contributed by atoms with Crippen molar-refractivity contribution >= 4 is 27.3 Å². The molecule has 0 fully saturated rings. The summed E-state index contributed by atoms with van der Waals surface area (Å²) in [5, 5.41) is 30.2. The fourth-order valence-corrected chi connectivity index (χ4v) is 1.85. The van der Waals surface area contributed by atoms with Gasteiger partial charge in [0.1, 0.15) is 11.8 Å². The molecule has 0 saturated heterocycles. The van der Waals surface area contributed by atoms with Gasteiger partial charge < -0.3 is 15.9 Å². The standard InChI is InChI=1S/C10H13BrN2O4/c1-5-2-6(10(15)8(14)4-11)9(12)7(3-5)13(16)17/h2-3,8,10,14-15H,4,12H2,1H3. The van der Waals surface area contributed by atoms with Crippen LogP contribution in [0.5, 0.6) is 0 Å². The van der Waals surface area contributed by atoms with Gasteiger partial charge in [-0.1, -0.05) is 22.0 Å². The number of aliphatic hydroxyl groups excluding tert-OH is 2. The van der Waals surface area contributed by atoms with Crippen LogP contribution in [0.4, 0.5) is 11.4 Å². The first-order chi connectivity index (χ1) is 7.88. The lowest BCUT2D eigenvalue weighted by molar-refractivity contribution is -0.384. The molecule has 0 radical (unpaired) electrons. The van der Waals surface area contributed by atoms with E-state index in [1.807, 2.05) is 0 Å². The largest absolute Gasteiger partial charge is 0.393 e. The summed E-state index contributed by atoms with van der Waals surface area (Å²) in [6.45, 7) is 1.66. The van der Waals surface area contributed by atoms with Crippen molar-refractivity contribution in [2.75, 3.05) is 11.1 Å². The van der Waals surface area contributed by atoms with Gasteiger partial charge in [0.05, 0.1) is 11.0 Å². The number of nitrogens with two attached hydrogens (primary N) is 1. The Hall–Kier alpha value is -1.18. The second-order valence-electron chi connectivity index (χ2n) is 3.71. The summed E-state index contributed by atoms with van der Waals surface area (Å²) < 4.78 is 0. The van der Waals surface area contributed by atoms with Gasteiger partial charge in [0, 0.05) is 17.0 Å². The van der Waals surface area contributed by atoms with E-state index in [0.717, 1.165) is 0 Å². The van der Waals surface area contributed by atoms with Crippen molar-refractivity contribution in [1.82, 2.24) is 0 Å². The number of nitrogens with zero attached hydrogens (tertiary/aromatic N) is 1. The zero-order valence-corrected chi connectivity index (χ0v) is 10.7. The highest BCUT2D eigenvalue weighted by molar-refractivity contribution is 9.09. The normalized spacial score (nSPS) is 14.4. The number of nitro groups is 1. The van der Waals surface area contributed by atoms with Crippen LogP contribution in [0.1, 0.15) is 17.2 Å². The zero-order chi connectivity index (χ0) is 13.2. The zero-order valence-electron chi connectivity index (χ0n) is 9.13. The molecule has 0 amide bonds. The highest BCUT2D eigenvalue weighted by Crippen LogP contribution is 2.32. The van der Waals surface area contributed by atoms with Gasteiger partial charge in [0.25, 0.3) is 5.69 Å². The van der Waals surface area contributed by atoms with Crippen molar-refractivity contribution in [2.24, 2.45) is 0 Å². The number of hydrogen-bond acceptors (Lipinski definition) is 5. The van der Waals surface area contributed by atoms with Crippen molar-refractivity contribution < 1.29 is 15.1 Å². The molecule has 1 aromatic carbocycles. The van der Waals surface area contributed by atoms with Crippen LogP contribution < -0.4 is 5.73 Å². The lowest BCUT2D eigenvalue weighted by atomic mass is 10.00. The summed E-state index contributed by atoms with van der Waals surface area (Å²) in [6, 6.07) is 2.85. The molecule has 0 aromatic heterocycles. The Morgan fingerprint density at radius 2 is 2.12 bits per heavy atom. The predicted octanol–water partition coefficient (Wildman–Crippen LogP) is 1.27. The molecule has 94 valence electrons. The molecule has 0 heterocycles. The Morgan fingerprint density at radius 1 is 1.53 bits per heavy atom. The summed E-state index contributed by atoms with van der Waals surface area (Å²) in [5.41, 5.74) is 6.01. The average molecular weight is 305 g/mol. The van der Waals surface area contributed by atoms with Crippen LogP contribution >= 0.6 is 15.9 Å². The Morgan fingerprint density at radius 3 is 2.59 bits per heavy atom. The maximum absolute atomic E-state index is 10.8. The molecule has 2 unspecified atom stereocenters. The molecule has 1 rings (SSSR count). The summed E-state index contributed by atoms with van der Waals surface area (Å²) in [4.78, 5) is 10.1. The van der Waals surface area contributed by atoms with E-state index in [2.05, 4.69) is 15.9 Å². The number of halogens is 1. The number of alkyl halides is 1. The smallest absolute Gasteiger partial charge is 0.292 e. The van der Waals surface area contributed by atoms with Crippen LogP contribution in [0.15, 0.2) is 12.1 Å². The summed E-state index contributed by atoms with van der Waals surface area (Å²) in [7, 11) is 0. The van der Waals surface area contributed by atoms with Crippen molar-refractivity contribution in [3.8, 4) is 0 Å². The van der Waals surface area contributed by atoms with Crippen molar-refractivity contribution in [2.45, 2.75) is 19.1 Å². The van der Waals surface area contributed by atoms with E-state index in [1.165, 1.54) is 12.1 Å². The number of anilines is 1. The molecule has 0 aliphatic heterocycles. The summed E-state index contributed by atoms with van der Waals surface area (Å²) >= 11 is 3.02. The molecular formula is C10H13BrN2O4. The molecule has 1 aromatic rings. The number of nitrogen functional groups attached to an aromatic ring is 1. The highest BCUT2D eigenvalue weighted by Gasteiger charge is 2.24. The summed E-state index contributed by atoms with van der Waals surface area (Å²) in [6.07, 6.45) is -2.33. The molecule has 2 atom stereocenters. The third-order valence-electron chi connectivity index (χ3n) is 2.37. The molecule has 6 nitrogen and oxygen atoms in total. The molecule has 0 saturated carbocycles. The number of hydrogen-bond donors (Lipinski definition) is 3. The van der Waals surface area contributed by atoms with Gasteiger partial charge in [0.2, 0.25) is 0 Å². The second-order valence-corrected chi connectivity index (χ2v) is 4.36. The lowest BCUT2D eigenvalue weighted by Gasteiger charge is -2.18. The van der Waals surface area contributed by atoms with Crippen LogP contribution in [0.25, 0.3) is 0 Å². The monoisotopic (exact) mass is 304 g/mol. The lowest BCUT2D eigenvalue weighted by Crippen LogP contribution is -2.21. The maximum atomic E-state index is 10.8. The van der Waals surface area contributed by atoms with Crippen LogP contribution in [0.3, 0.4) is 0 Å². The molecular weight excluding hydrogens is 292 g/mol. The first-order valence-electron chi connectivity index (χ1n) is 4.85. The SMILES string of the molecule is Cc1cc(C(O)C(O)CBr)c(N)c([N+](=O)[O-])c1. The Kier molecular flexibility index (Phi) is 4.44. The van der Waals surface area contributed by atoms with Crippen LogP contribution in [0, 0.1) is 17.0 Å². The maximum Gasteiger partial charge on any atom is 0.292 e. The number of nitro benzene ring substituents is 1. The topological polar surface area (TPSA) is 110 Å². The van der Waals surface area contributed by atoms with E-state index in [4.69, 9.17) is 5.73 Å². The van der Waals surface area contributed by atoms with E-state index < -0.39 is 17.1 Å². The highest BCUT2D eigenvalue weighted by atomic mass is 79.9. The Bertz CT molecular complexity index is 439. The van der Waals surface area contributed by atoms with Gasteiger partial charge in [-0.15, -0.1) is 0 Å². The molecule has 0 bridgehead atoms. The first-order valence-corrected chi connectivity index (χ1v) is 5.97. The Balaban J connectivity index is 3.29. The fraction of sp³-hybridized carbons (Fsp3) is 0.400. The number of benzene rings is 1. The van der Waals surface area contributed by atoms with Gasteiger partial charge in [-0.3, -0.25) is 10.1 Å². The van der Waals surface area contributed by atoms with Crippen molar-refractivity contribution in [3.63, 3.8) is 0 Å². The van der Waals surface area contributed by atoms with E-state index in [-0.39, 0.29) is 22.3 Å².